The average Bonchev–Trinajstić information content (AvgIpc) is 3.01. The summed E-state index contributed by atoms with van der Waals surface area (Å²) in [5.41, 5.74) is 1.63. The summed E-state index contributed by atoms with van der Waals surface area (Å²) in [6.45, 7) is 0. The Morgan fingerprint density at radius 1 is 1.24 bits per heavy atom. The lowest BCUT2D eigenvalue weighted by atomic mass is 10.1. The molecule has 0 saturated heterocycles. The molecule has 0 aliphatic heterocycles. The molecule has 0 spiro atoms. The van der Waals surface area contributed by atoms with Crippen LogP contribution in [-0.2, 0) is 6.42 Å². The van der Waals surface area contributed by atoms with E-state index in [-0.39, 0.29) is 0 Å². The number of rotatable bonds is 4. The van der Waals surface area contributed by atoms with Crippen LogP contribution in [0.2, 0.25) is 0 Å². The number of nitrogens with zero attached hydrogens (tertiary/aromatic N) is 5. The van der Waals surface area contributed by atoms with Crippen molar-refractivity contribution in [3.05, 3.63) is 59.9 Å². The van der Waals surface area contributed by atoms with Gasteiger partial charge in [-0.1, -0.05) is 12.1 Å². The molecule has 0 aliphatic carbocycles. The molecule has 2 aromatic heterocycles. The maximum atomic E-state index is 8.77. The first-order chi connectivity index (χ1) is 10.3. The lowest BCUT2D eigenvalue weighted by Crippen LogP contribution is -2.03. The summed E-state index contributed by atoms with van der Waals surface area (Å²) < 4.78 is 5.08. The van der Waals surface area contributed by atoms with E-state index in [2.05, 4.69) is 31.6 Å². The van der Waals surface area contributed by atoms with Crippen LogP contribution in [0.5, 0.6) is 0 Å². The molecule has 2 heterocycles. The smallest absolute Gasteiger partial charge is 0.300 e. The Morgan fingerprint density at radius 3 is 2.81 bits per heavy atom. The molecule has 102 valence electrons. The molecule has 1 aromatic carbocycles. The van der Waals surface area contributed by atoms with E-state index in [1.807, 2.05) is 12.1 Å². The molecule has 3 aromatic rings. The molecule has 21 heavy (non-hydrogen) atoms. The number of hydrogen-bond donors (Lipinski definition) is 1. The Kier molecular flexibility index (Phi) is 3.52. The molecule has 0 amide bonds. The van der Waals surface area contributed by atoms with Crippen molar-refractivity contribution in [3.8, 4) is 6.07 Å². The number of oxazole rings is 1. The van der Waals surface area contributed by atoms with Crippen molar-refractivity contribution in [2.24, 2.45) is 0 Å². The second kappa shape index (κ2) is 5.79. The number of anilines is 2. The van der Waals surface area contributed by atoms with Gasteiger partial charge in [0.1, 0.15) is 6.26 Å². The zero-order valence-electron chi connectivity index (χ0n) is 10.9. The summed E-state index contributed by atoms with van der Waals surface area (Å²) in [5, 5.41) is 19.6. The van der Waals surface area contributed by atoms with Crippen molar-refractivity contribution in [3.63, 3.8) is 0 Å². The third-order valence-corrected chi connectivity index (χ3v) is 2.72. The first kappa shape index (κ1) is 12.7. The molecule has 0 radical (unpaired) electrons. The largest absolute Gasteiger partial charge is 0.432 e. The third-order valence-electron chi connectivity index (χ3n) is 2.72. The van der Waals surface area contributed by atoms with E-state index in [1.165, 1.54) is 18.7 Å². The van der Waals surface area contributed by atoms with E-state index in [4.69, 9.17) is 9.68 Å². The first-order valence-electron chi connectivity index (χ1n) is 6.17. The van der Waals surface area contributed by atoms with Crippen LogP contribution in [0.3, 0.4) is 0 Å². The van der Waals surface area contributed by atoms with Gasteiger partial charge < -0.3 is 4.42 Å². The average molecular weight is 278 g/mol. The fourth-order valence-electron chi connectivity index (χ4n) is 1.75. The molecule has 7 nitrogen and oxygen atoms in total. The number of nitriles is 1. The first-order valence-corrected chi connectivity index (χ1v) is 6.17. The molecule has 7 heteroatoms. The molecular formula is C14H10N6O. The highest BCUT2D eigenvalue weighted by Crippen LogP contribution is 2.12. The van der Waals surface area contributed by atoms with Crippen molar-refractivity contribution < 1.29 is 4.42 Å². The van der Waals surface area contributed by atoms with Gasteiger partial charge in [-0.25, -0.2) is 9.97 Å². The van der Waals surface area contributed by atoms with Gasteiger partial charge in [0, 0.05) is 6.42 Å². The molecule has 0 saturated carbocycles. The minimum absolute atomic E-state index is 0.347. The highest BCUT2D eigenvalue weighted by molar-refractivity contribution is 5.43. The summed E-state index contributed by atoms with van der Waals surface area (Å²) in [6.07, 6.45) is 5.02. The summed E-state index contributed by atoms with van der Waals surface area (Å²) >= 11 is 0. The molecule has 0 atom stereocenters. The van der Waals surface area contributed by atoms with Crippen molar-refractivity contribution >= 4 is 11.8 Å². The van der Waals surface area contributed by atoms with Crippen molar-refractivity contribution in [2.45, 2.75) is 6.42 Å². The van der Waals surface area contributed by atoms with Gasteiger partial charge >= 0.3 is 0 Å². The molecular weight excluding hydrogens is 268 g/mol. The van der Waals surface area contributed by atoms with Crippen LogP contribution in [0.15, 0.2) is 47.3 Å². The van der Waals surface area contributed by atoms with Gasteiger partial charge in [-0.2, -0.15) is 10.4 Å². The molecule has 0 aliphatic rings. The predicted molar refractivity (Wildman–Crippen MR) is 73.6 cm³/mol. The Balaban J connectivity index is 1.74. The molecule has 0 unspecified atom stereocenters. The zero-order chi connectivity index (χ0) is 14.5. The Morgan fingerprint density at radius 2 is 2.10 bits per heavy atom. The summed E-state index contributed by atoms with van der Waals surface area (Å²) in [4.78, 5) is 8.28. The fraction of sp³-hybridized carbons (Fsp3) is 0.0714. The highest BCUT2D eigenvalue weighted by atomic mass is 16.4. The van der Waals surface area contributed by atoms with Crippen LogP contribution in [0.4, 0.5) is 11.8 Å². The van der Waals surface area contributed by atoms with Crippen LogP contribution >= 0.6 is 0 Å². The maximum Gasteiger partial charge on any atom is 0.300 e. The SMILES string of the molecule is N#Cc1ccc(Cc2nncc(Nc3ncco3)n2)cc1. The van der Waals surface area contributed by atoms with Crippen molar-refractivity contribution in [2.75, 3.05) is 5.32 Å². The Bertz CT molecular complexity index is 761. The van der Waals surface area contributed by atoms with Crippen molar-refractivity contribution in [1.82, 2.24) is 20.2 Å². The quantitative estimate of drug-likeness (QED) is 0.779. The van der Waals surface area contributed by atoms with Gasteiger partial charge in [0.2, 0.25) is 0 Å². The van der Waals surface area contributed by atoms with E-state index in [0.717, 1.165) is 5.56 Å². The minimum atomic E-state index is 0.347. The van der Waals surface area contributed by atoms with Crippen LogP contribution < -0.4 is 5.32 Å². The van der Waals surface area contributed by atoms with Gasteiger partial charge in [0.15, 0.2) is 11.6 Å². The van der Waals surface area contributed by atoms with Gasteiger partial charge in [-0.3, -0.25) is 5.32 Å². The summed E-state index contributed by atoms with van der Waals surface area (Å²) in [6, 6.07) is 9.69. The van der Waals surface area contributed by atoms with E-state index in [9.17, 15) is 0 Å². The second-order valence-corrected chi connectivity index (χ2v) is 4.21. The van der Waals surface area contributed by atoms with Crippen molar-refractivity contribution in [1.29, 1.82) is 5.26 Å². The van der Waals surface area contributed by atoms with Crippen LogP contribution in [0.1, 0.15) is 17.0 Å². The van der Waals surface area contributed by atoms with E-state index < -0.39 is 0 Å². The topological polar surface area (TPSA) is 101 Å². The number of benzene rings is 1. The van der Waals surface area contributed by atoms with Gasteiger partial charge in [0.05, 0.1) is 24.0 Å². The van der Waals surface area contributed by atoms with Crippen LogP contribution in [-0.4, -0.2) is 20.2 Å². The second-order valence-electron chi connectivity index (χ2n) is 4.21. The standard InChI is InChI=1S/C14H10N6O/c15-8-11-3-1-10(2-4-11)7-12-18-13(9-17-20-12)19-14-16-5-6-21-14/h1-6,9H,7H2,(H,16,18,19,20). The van der Waals surface area contributed by atoms with E-state index >= 15 is 0 Å². The molecule has 0 bridgehead atoms. The normalized spacial score (nSPS) is 10.0. The van der Waals surface area contributed by atoms with Crippen LogP contribution in [0, 0.1) is 11.3 Å². The molecule has 0 fully saturated rings. The van der Waals surface area contributed by atoms with Gasteiger partial charge in [-0.15, -0.1) is 5.10 Å². The van der Waals surface area contributed by atoms with E-state index in [1.54, 1.807) is 12.1 Å². The number of aromatic nitrogens is 4. The van der Waals surface area contributed by atoms with Gasteiger partial charge in [0.25, 0.3) is 6.01 Å². The zero-order valence-corrected chi connectivity index (χ0v) is 10.9. The third kappa shape index (κ3) is 3.19. The Labute approximate surface area is 120 Å². The lowest BCUT2D eigenvalue weighted by Gasteiger charge is -2.03. The lowest BCUT2D eigenvalue weighted by molar-refractivity contribution is 0.577. The summed E-state index contributed by atoms with van der Waals surface area (Å²) in [5.74, 6) is 1.08. The summed E-state index contributed by atoms with van der Waals surface area (Å²) in [7, 11) is 0. The molecule has 3 rings (SSSR count). The molecule has 1 N–H and O–H groups in total. The maximum absolute atomic E-state index is 8.77. The monoisotopic (exact) mass is 278 g/mol. The number of hydrogen-bond acceptors (Lipinski definition) is 7. The van der Waals surface area contributed by atoms with Gasteiger partial charge in [-0.05, 0) is 17.7 Å². The fourth-order valence-corrected chi connectivity index (χ4v) is 1.75. The Hall–Kier alpha value is -3.27. The van der Waals surface area contributed by atoms with E-state index in [0.29, 0.717) is 29.6 Å². The van der Waals surface area contributed by atoms with Crippen LogP contribution in [0.25, 0.3) is 0 Å². The minimum Gasteiger partial charge on any atom is -0.432 e. The predicted octanol–water partition coefficient (Wildman–Crippen LogP) is 2.07. The number of nitrogens with one attached hydrogen (secondary N) is 1. The highest BCUT2D eigenvalue weighted by Gasteiger charge is 2.05.